The maximum atomic E-state index is 12.5. The molecule has 0 N–H and O–H groups in total. The summed E-state index contributed by atoms with van der Waals surface area (Å²) in [7, 11) is 0. The highest BCUT2D eigenvalue weighted by atomic mass is 16.6. The van der Waals surface area contributed by atoms with Crippen LogP contribution in [0, 0.1) is 15.5 Å². The van der Waals surface area contributed by atoms with Crippen molar-refractivity contribution in [2.45, 2.75) is 40.2 Å². The van der Waals surface area contributed by atoms with Gasteiger partial charge in [0.05, 0.1) is 13.2 Å². The highest BCUT2D eigenvalue weighted by Crippen LogP contribution is 2.39. The van der Waals surface area contributed by atoms with Crippen LogP contribution >= 0.6 is 0 Å². The quantitative estimate of drug-likeness (QED) is 0.189. The Balaban J connectivity index is 6.64. The molecule has 0 aliphatic carbocycles. The van der Waals surface area contributed by atoms with Gasteiger partial charge in [0.15, 0.2) is 5.41 Å². The SMILES string of the molecule is CCOC(=O)C(OC(C)=O)(C(=O)OCC)C(C)(C[N+](=O)[O-])C(C)=O. The molecule has 136 valence electrons. The van der Waals surface area contributed by atoms with Gasteiger partial charge in [0, 0.05) is 11.8 Å². The average molecular weight is 347 g/mol. The number of esters is 3. The van der Waals surface area contributed by atoms with Gasteiger partial charge in [-0.1, -0.05) is 0 Å². The predicted octanol–water partition coefficient (Wildman–Crippen LogP) is 0.286. The van der Waals surface area contributed by atoms with E-state index in [-0.39, 0.29) is 13.2 Å². The molecule has 0 aromatic rings. The molecule has 0 amide bonds. The molecule has 1 atom stereocenters. The Kier molecular flexibility index (Phi) is 7.49. The van der Waals surface area contributed by atoms with E-state index in [1.54, 1.807) is 0 Å². The van der Waals surface area contributed by atoms with Gasteiger partial charge in [-0.2, -0.15) is 0 Å². The van der Waals surface area contributed by atoms with E-state index < -0.39 is 46.2 Å². The fraction of sp³-hybridized carbons (Fsp3) is 0.714. The molecule has 0 fully saturated rings. The van der Waals surface area contributed by atoms with Crippen LogP contribution in [-0.2, 0) is 33.4 Å². The largest absolute Gasteiger partial charge is 0.463 e. The normalized spacial score (nSPS) is 13.4. The smallest absolute Gasteiger partial charge is 0.363 e. The topological polar surface area (TPSA) is 139 Å². The van der Waals surface area contributed by atoms with Crippen LogP contribution in [0.3, 0.4) is 0 Å². The standard InChI is InChI=1S/C14H21NO9/c1-6-22-11(18)14(24-10(4)17,12(19)23-7-2)13(5,9(3)16)8-15(20)21/h6-8H2,1-5H3. The van der Waals surface area contributed by atoms with Crippen molar-refractivity contribution < 1.29 is 38.3 Å². The van der Waals surface area contributed by atoms with Crippen LogP contribution in [0.4, 0.5) is 0 Å². The van der Waals surface area contributed by atoms with Crippen LogP contribution in [0.1, 0.15) is 34.6 Å². The maximum absolute atomic E-state index is 12.5. The van der Waals surface area contributed by atoms with Crippen LogP contribution in [0.5, 0.6) is 0 Å². The van der Waals surface area contributed by atoms with E-state index in [2.05, 4.69) is 0 Å². The van der Waals surface area contributed by atoms with Crippen molar-refractivity contribution >= 4 is 23.7 Å². The van der Waals surface area contributed by atoms with Gasteiger partial charge in [0.25, 0.3) is 0 Å². The zero-order chi connectivity index (χ0) is 19.1. The second kappa shape index (κ2) is 8.37. The fourth-order valence-corrected chi connectivity index (χ4v) is 2.14. The molecular formula is C14H21NO9. The third-order valence-corrected chi connectivity index (χ3v) is 3.42. The van der Waals surface area contributed by atoms with E-state index >= 15 is 0 Å². The summed E-state index contributed by atoms with van der Waals surface area (Å²) in [5.74, 6) is -4.83. The molecule has 0 aliphatic rings. The second-order valence-corrected chi connectivity index (χ2v) is 5.09. The molecule has 10 heteroatoms. The van der Waals surface area contributed by atoms with Crippen LogP contribution in [-0.4, -0.2) is 54.0 Å². The highest BCUT2D eigenvalue weighted by Gasteiger charge is 2.70. The number of hydrogen-bond donors (Lipinski definition) is 0. The molecule has 0 rings (SSSR count). The number of ether oxygens (including phenoxy) is 3. The van der Waals surface area contributed by atoms with Crippen molar-refractivity contribution in [2.24, 2.45) is 5.41 Å². The van der Waals surface area contributed by atoms with E-state index in [0.29, 0.717) is 0 Å². The Morgan fingerprint density at radius 1 is 1.00 bits per heavy atom. The van der Waals surface area contributed by atoms with Crippen LogP contribution < -0.4 is 0 Å². The third kappa shape index (κ3) is 4.06. The Hall–Kier alpha value is -2.52. The summed E-state index contributed by atoms with van der Waals surface area (Å²) in [4.78, 5) is 58.7. The Bertz CT molecular complexity index is 524. The van der Waals surface area contributed by atoms with Gasteiger partial charge in [-0.25, -0.2) is 9.59 Å². The van der Waals surface area contributed by atoms with Crippen molar-refractivity contribution in [3.63, 3.8) is 0 Å². The number of ketones is 1. The van der Waals surface area contributed by atoms with Gasteiger partial charge in [-0.05, 0) is 27.7 Å². The maximum Gasteiger partial charge on any atom is 0.363 e. The van der Waals surface area contributed by atoms with Crippen LogP contribution in [0.2, 0.25) is 0 Å². The lowest BCUT2D eigenvalue weighted by atomic mass is 9.69. The van der Waals surface area contributed by atoms with Crippen molar-refractivity contribution in [2.75, 3.05) is 19.8 Å². The van der Waals surface area contributed by atoms with Gasteiger partial charge in [-0.3, -0.25) is 19.7 Å². The first kappa shape index (κ1) is 21.5. The van der Waals surface area contributed by atoms with Gasteiger partial charge in [0.2, 0.25) is 6.54 Å². The number of rotatable bonds is 9. The average Bonchev–Trinajstić information content (AvgIpc) is 2.43. The van der Waals surface area contributed by atoms with Gasteiger partial charge in [0.1, 0.15) is 5.78 Å². The Morgan fingerprint density at radius 2 is 1.42 bits per heavy atom. The zero-order valence-electron chi connectivity index (χ0n) is 14.2. The summed E-state index contributed by atoms with van der Waals surface area (Å²) in [6, 6.07) is 0. The number of carbonyl (C=O) groups is 4. The zero-order valence-corrected chi connectivity index (χ0v) is 14.2. The van der Waals surface area contributed by atoms with E-state index in [9.17, 15) is 29.3 Å². The Morgan fingerprint density at radius 3 is 1.67 bits per heavy atom. The number of nitrogens with zero attached hydrogens (tertiary/aromatic N) is 1. The first-order chi connectivity index (χ1) is 11.0. The van der Waals surface area contributed by atoms with E-state index in [4.69, 9.17) is 14.2 Å². The van der Waals surface area contributed by atoms with Gasteiger partial charge >= 0.3 is 23.5 Å². The summed E-state index contributed by atoms with van der Waals surface area (Å²) in [6.07, 6.45) is 0. The second-order valence-electron chi connectivity index (χ2n) is 5.09. The third-order valence-electron chi connectivity index (χ3n) is 3.42. The lowest BCUT2D eigenvalue weighted by Crippen LogP contribution is -2.66. The molecule has 0 bridgehead atoms. The van der Waals surface area contributed by atoms with Gasteiger partial charge in [-0.15, -0.1) is 0 Å². The number of Topliss-reactive ketones (excluding diaryl/α,β-unsaturated/α-hetero) is 1. The van der Waals surface area contributed by atoms with Gasteiger partial charge < -0.3 is 14.2 Å². The molecule has 0 spiro atoms. The van der Waals surface area contributed by atoms with E-state index in [1.807, 2.05) is 0 Å². The predicted molar refractivity (Wildman–Crippen MR) is 78.4 cm³/mol. The molecule has 10 nitrogen and oxygen atoms in total. The minimum absolute atomic E-state index is 0.215. The lowest BCUT2D eigenvalue weighted by molar-refractivity contribution is -0.497. The molecule has 0 saturated carbocycles. The number of nitro groups is 1. The summed E-state index contributed by atoms with van der Waals surface area (Å²) >= 11 is 0. The first-order valence-electron chi connectivity index (χ1n) is 7.16. The van der Waals surface area contributed by atoms with Crippen molar-refractivity contribution in [1.82, 2.24) is 0 Å². The molecular weight excluding hydrogens is 326 g/mol. The lowest BCUT2D eigenvalue weighted by Gasteiger charge is -2.38. The van der Waals surface area contributed by atoms with Crippen molar-refractivity contribution in [3.8, 4) is 0 Å². The molecule has 0 aliphatic heterocycles. The summed E-state index contributed by atoms with van der Waals surface area (Å²) in [5, 5.41) is 11.0. The highest BCUT2D eigenvalue weighted by molar-refractivity contribution is 6.11. The minimum atomic E-state index is -2.91. The monoisotopic (exact) mass is 347 g/mol. The molecule has 0 saturated heterocycles. The molecule has 1 unspecified atom stereocenters. The van der Waals surface area contributed by atoms with Crippen molar-refractivity contribution in [3.05, 3.63) is 10.1 Å². The van der Waals surface area contributed by atoms with Crippen LogP contribution in [0.15, 0.2) is 0 Å². The number of carbonyl (C=O) groups excluding carboxylic acids is 4. The fourth-order valence-electron chi connectivity index (χ4n) is 2.14. The molecule has 0 aromatic carbocycles. The Labute approximate surface area is 138 Å². The summed E-state index contributed by atoms with van der Waals surface area (Å²) in [5.41, 5.74) is -5.23. The number of hydrogen-bond acceptors (Lipinski definition) is 9. The summed E-state index contributed by atoms with van der Waals surface area (Å²) < 4.78 is 14.4. The van der Waals surface area contributed by atoms with E-state index in [1.165, 1.54) is 13.8 Å². The van der Waals surface area contributed by atoms with Crippen LogP contribution in [0.25, 0.3) is 0 Å². The van der Waals surface area contributed by atoms with E-state index in [0.717, 1.165) is 20.8 Å². The molecule has 24 heavy (non-hydrogen) atoms. The minimum Gasteiger partial charge on any atom is -0.463 e. The first-order valence-corrected chi connectivity index (χ1v) is 7.16. The molecule has 0 radical (unpaired) electrons. The summed E-state index contributed by atoms with van der Waals surface area (Å²) in [6.45, 7) is 4.07. The molecule has 0 heterocycles. The molecule has 0 aromatic heterocycles. The van der Waals surface area contributed by atoms with Crippen molar-refractivity contribution in [1.29, 1.82) is 0 Å².